The number of pyridine rings is 1. The van der Waals surface area contributed by atoms with Crippen molar-refractivity contribution in [3.05, 3.63) is 69.7 Å². The summed E-state index contributed by atoms with van der Waals surface area (Å²) in [4.78, 5) is 34.2. The van der Waals surface area contributed by atoms with Gasteiger partial charge in [0.15, 0.2) is 11.3 Å². The number of aliphatic carboxylic acids is 1. The van der Waals surface area contributed by atoms with Crippen molar-refractivity contribution in [2.75, 3.05) is 7.05 Å². The maximum Gasteiger partial charge on any atom is 0.345 e. The molecule has 7 nitrogen and oxygen atoms in total. The van der Waals surface area contributed by atoms with Crippen LogP contribution in [0.25, 0.3) is 17.1 Å². The summed E-state index contributed by atoms with van der Waals surface area (Å²) in [5, 5.41) is 12.3. The highest BCUT2D eigenvalue weighted by Crippen LogP contribution is 2.31. The van der Waals surface area contributed by atoms with Crippen molar-refractivity contribution in [3.8, 4) is 0 Å². The number of ether oxygens (including phenoxy) is 1. The van der Waals surface area contributed by atoms with Gasteiger partial charge < -0.3 is 19.7 Å². The molecule has 4 heterocycles. The predicted molar refractivity (Wildman–Crippen MR) is 101 cm³/mol. The van der Waals surface area contributed by atoms with Gasteiger partial charge >= 0.3 is 5.97 Å². The zero-order valence-corrected chi connectivity index (χ0v) is 15.1. The molecule has 0 unspecified atom stereocenters. The molecule has 0 radical (unpaired) electrons. The highest BCUT2D eigenvalue weighted by molar-refractivity contribution is 7.09. The number of nitrogens with one attached hydrogen (secondary N) is 1. The molecule has 0 saturated carbocycles. The van der Waals surface area contributed by atoms with Crippen LogP contribution in [0.4, 0.5) is 0 Å². The van der Waals surface area contributed by atoms with E-state index in [1.807, 2.05) is 23.6 Å². The summed E-state index contributed by atoms with van der Waals surface area (Å²) in [6.07, 6.45) is 4.90. The summed E-state index contributed by atoms with van der Waals surface area (Å²) in [5.41, 5.74) is 1.02. The molecule has 0 aromatic carbocycles. The Kier molecular flexibility index (Phi) is 4.25. The predicted octanol–water partition coefficient (Wildman–Crippen LogP) is 2.99. The number of carboxylic acid groups (broad SMARTS) is 1. The second kappa shape index (κ2) is 6.73. The fraction of sp³-hybridized carbons (Fsp3) is 0.105. The van der Waals surface area contributed by atoms with Gasteiger partial charge in [0.05, 0.1) is 6.54 Å². The van der Waals surface area contributed by atoms with Crippen LogP contribution < -0.4 is 0 Å². The monoisotopic (exact) mass is 381 g/mol. The van der Waals surface area contributed by atoms with Gasteiger partial charge in [-0.1, -0.05) is 6.07 Å². The Bertz CT molecular complexity index is 1100. The first-order valence-corrected chi connectivity index (χ1v) is 9.00. The van der Waals surface area contributed by atoms with Crippen molar-refractivity contribution in [3.63, 3.8) is 0 Å². The molecule has 0 amide bonds. The van der Waals surface area contributed by atoms with Gasteiger partial charge in [-0.15, -0.1) is 11.3 Å². The number of carbonyl (C=O) groups excluding carboxylic acids is 1. The van der Waals surface area contributed by atoms with E-state index < -0.39 is 11.8 Å². The summed E-state index contributed by atoms with van der Waals surface area (Å²) >= 11 is 1.55. The Labute approximate surface area is 158 Å². The van der Waals surface area contributed by atoms with Crippen LogP contribution in [0.3, 0.4) is 0 Å². The number of aromatic nitrogens is 2. The molecule has 0 atom stereocenters. The summed E-state index contributed by atoms with van der Waals surface area (Å²) < 4.78 is 5.69. The van der Waals surface area contributed by atoms with E-state index in [0.717, 1.165) is 10.3 Å². The van der Waals surface area contributed by atoms with Gasteiger partial charge in [0, 0.05) is 35.3 Å². The minimum absolute atomic E-state index is 0.0230. The highest BCUT2D eigenvalue weighted by Gasteiger charge is 2.37. The van der Waals surface area contributed by atoms with E-state index in [4.69, 9.17) is 4.74 Å². The first-order chi connectivity index (χ1) is 13.0. The molecule has 1 aliphatic heterocycles. The third-order valence-corrected chi connectivity index (χ3v) is 5.04. The molecule has 0 saturated heterocycles. The van der Waals surface area contributed by atoms with Crippen molar-refractivity contribution in [1.82, 2.24) is 14.9 Å². The van der Waals surface area contributed by atoms with Gasteiger partial charge in [0.2, 0.25) is 11.7 Å². The number of rotatable bonds is 5. The molecule has 2 N–H and O–H groups in total. The maximum atomic E-state index is 12.6. The van der Waals surface area contributed by atoms with E-state index in [2.05, 4.69) is 9.97 Å². The van der Waals surface area contributed by atoms with Crippen molar-refractivity contribution < 1.29 is 19.4 Å². The molecule has 4 rings (SSSR count). The number of hydrogen-bond acceptors (Lipinski definition) is 6. The largest absolute Gasteiger partial charge is 0.477 e. The van der Waals surface area contributed by atoms with E-state index in [-0.39, 0.29) is 17.2 Å². The summed E-state index contributed by atoms with van der Waals surface area (Å²) in [5.74, 6) is -1.93. The number of nitrogens with zero attached hydrogens (tertiary/aromatic N) is 2. The van der Waals surface area contributed by atoms with E-state index in [9.17, 15) is 14.7 Å². The van der Waals surface area contributed by atoms with Crippen molar-refractivity contribution >= 4 is 40.2 Å². The first kappa shape index (κ1) is 17.0. The molecule has 3 aromatic rings. The number of ketones is 1. The smallest absolute Gasteiger partial charge is 0.345 e. The van der Waals surface area contributed by atoms with Crippen molar-refractivity contribution in [2.24, 2.45) is 0 Å². The van der Waals surface area contributed by atoms with Gasteiger partial charge in [-0.25, -0.2) is 9.78 Å². The summed E-state index contributed by atoms with van der Waals surface area (Å²) in [6.45, 7) is 0.446. The number of hydrogen-bond donors (Lipinski definition) is 2. The minimum atomic E-state index is -1.31. The SMILES string of the molecule is CN(Cc1cccs1)C1=C(C(=O)O)C(=O)/C(=C/c2c[nH]c3ncccc23)O1. The fourth-order valence-electron chi connectivity index (χ4n) is 2.92. The molecule has 136 valence electrons. The van der Waals surface area contributed by atoms with Crippen LogP contribution >= 0.6 is 11.3 Å². The van der Waals surface area contributed by atoms with E-state index in [0.29, 0.717) is 17.8 Å². The average Bonchev–Trinajstić information content (AvgIpc) is 3.36. The van der Waals surface area contributed by atoms with Crippen LogP contribution in [0.5, 0.6) is 0 Å². The third-order valence-electron chi connectivity index (χ3n) is 4.17. The van der Waals surface area contributed by atoms with Gasteiger partial charge in [-0.2, -0.15) is 0 Å². The molecular formula is C19H15N3O4S. The number of aromatic amines is 1. The first-order valence-electron chi connectivity index (χ1n) is 8.12. The molecule has 0 bridgehead atoms. The minimum Gasteiger partial charge on any atom is -0.477 e. The molecule has 27 heavy (non-hydrogen) atoms. The lowest BCUT2D eigenvalue weighted by molar-refractivity contribution is -0.134. The molecule has 0 fully saturated rings. The van der Waals surface area contributed by atoms with Crippen LogP contribution in [-0.2, 0) is 20.9 Å². The number of fused-ring (bicyclic) bond motifs is 1. The second-order valence-electron chi connectivity index (χ2n) is 6.00. The zero-order chi connectivity index (χ0) is 19.0. The van der Waals surface area contributed by atoms with Crippen LogP contribution in [0, 0.1) is 0 Å². The fourth-order valence-corrected chi connectivity index (χ4v) is 3.68. The number of Topliss-reactive ketones (excluding diaryl/α,β-unsaturated/α-hetero) is 1. The summed E-state index contributed by atoms with van der Waals surface area (Å²) in [6, 6.07) is 7.50. The van der Waals surface area contributed by atoms with Gasteiger partial charge in [-0.3, -0.25) is 4.79 Å². The van der Waals surface area contributed by atoms with Crippen LogP contribution in [0.2, 0.25) is 0 Å². The lowest BCUT2D eigenvalue weighted by Gasteiger charge is -2.19. The Morgan fingerprint density at radius 1 is 1.41 bits per heavy atom. The zero-order valence-electron chi connectivity index (χ0n) is 14.3. The molecule has 8 heteroatoms. The highest BCUT2D eigenvalue weighted by atomic mass is 32.1. The molecular weight excluding hydrogens is 366 g/mol. The van der Waals surface area contributed by atoms with Crippen molar-refractivity contribution in [2.45, 2.75) is 6.54 Å². The quantitative estimate of drug-likeness (QED) is 0.521. The van der Waals surface area contributed by atoms with E-state index in [1.54, 1.807) is 41.7 Å². The third kappa shape index (κ3) is 3.11. The Morgan fingerprint density at radius 3 is 3.00 bits per heavy atom. The summed E-state index contributed by atoms with van der Waals surface area (Å²) in [7, 11) is 1.70. The van der Waals surface area contributed by atoms with Gasteiger partial charge in [0.25, 0.3) is 0 Å². The maximum absolute atomic E-state index is 12.6. The van der Waals surface area contributed by atoms with Crippen LogP contribution in [-0.4, -0.2) is 38.8 Å². The molecule has 0 aliphatic carbocycles. The van der Waals surface area contributed by atoms with Gasteiger partial charge in [-0.05, 0) is 29.7 Å². The van der Waals surface area contributed by atoms with Crippen molar-refractivity contribution in [1.29, 1.82) is 0 Å². The van der Waals surface area contributed by atoms with Crippen LogP contribution in [0.1, 0.15) is 10.4 Å². The lowest BCUT2D eigenvalue weighted by Crippen LogP contribution is -2.20. The Balaban J connectivity index is 1.68. The van der Waals surface area contributed by atoms with E-state index >= 15 is 0 Å². The average molecular weight is 381 g/mol. The number of H-pyrrole nitrogens is 1. The Morgan fingerprint density at radius 2 is 2.26 bits per heavy atom. The molecule has 3 aromatic heterocycles. The second-order valence-corrected chi connectivity index (χ2v) is 7.04. The Hall–Kier alpha value is -3.39. The number of carboxylic acids is 1. The standard InChI is InChI=1S/C19H15N3O4S/c1-22(10-12-4-3-7-27-12)18-15(19(24)25)16(23)14(26-18)8-11-9-21-17-13(11)5-2-6-20-17/h2-9H,10H2,1H3,(H,20,21)(H,24,25)/b14-8-. The normalized spacial score (nSPS) is 15.6. The topological polar surface area (TPSA) is 95.5 Å². The lowest BCUT2D eigenvalue weighted by atomic mass is 10.1. The number of allylic oxidation sites excluding steroid dienone is 1. The van der Waals surface area contributed by atoms with Gasteiger partial charge in [0.1, 0.15) is 5.65 Å². The molecule has 1 aliphatic rings. The molecule has 0 spiro atoms. The number of thiophene rings is 1. The van der Waals surface area contributed by atoms with Crippen LogP contribution in [0.15, 0.2) is 59.3 Å². The number of carbonyl (C=O) groups is 2. The van der Waals surface area contributed by atoms with E-state index in [1.165, 1.54) is 6.08 Å².